The van der Waals surface area contributed by atoms with Crippen molar-refractivity contribution in [3.63, 3.8) is 0 Å². The summed E-state index contributed by atoms with van der Waals surface area (Å²) in [5.41, 5.74) is 5.11. The van der Waals surface area contributed by atoms with Crippen molar-refractivity contribution in [1.82, 2.24) is 10.6 Å². The molecule has 0 unspecified atom stereocenters. The van der Waals surface area contributed by atoms with Gasteiger partial charge in [0.2, 0.25) is 0 Å². The molecular weight excluding hydrogens is 488 g/mol. The maximum Gasteiger partial charge on any atom is 0.407 e. The van der Waals surface area contributed by atoms with Crippen molar-refractivity contribution in [2.75, 3.05) is 13.2 Å². The number of ether oxygens (including phenoxy) is 2. The van der Waals surface area contributed by atoms with Crippen LogP contribution in [-0.4, -0.2) is 53.7 Å². The van der Waals surface area contributed by atoms with Crippen molar-refractivity contribution in [3.8, 4) is 11.1 Å². The molecular formula is C29H30N2O7. The molecule has 2 atom stereocenters. The number of hydrogen-bond acceptors (Lipinski definition) is 6. The number of alkyl carbamates (subject to hydrolysis) is 2. The molecule has 1 aliphatic carbocycles. The van der Waals surface area contributed by atoms with Gasteiger partial charge >= 0.3 is 18.2 Å². The Balaban J connectivity index is 1.21. The minimum atomic E-state index is -1.26. The SMILES string of the molecule is O=C(NC[C@H](O)CC[C@H](NC(=O)OCC1c2ccccc2-c2ccccc21)C(=O)O)OCc1ccccc1. The number of benzene rings is 3. The van der Waals surface area contributed by atoms with E-state index in [4.69, 9.17) is 9.47 Å². The highest BCUT2D eigenvalue weighted by Crippen LogP contribution is 2.44. The molecule has 3 aromatic rings. The second kappa shape index (κ2) is 12.7. The molecule has 0 aliphatic heterocycles. The Kier molecular flexibility index (Phi) is 8.94. The smallest absolute Gasteiger partial charge is 0.407 e. The van der Waals surface area contributed by atoms with Crippen molar-refractivity contribution in [2.24, 2.45) is 0 Å². The molecule has 2 amide bonds. The topological polar surface area (TPSA) is 134 Å². The van der Waals surface area contributed by atoms with Crippen molar-refractivity contribution in [1.29, 1.82) is 0 Å². The molecule has 4 N–H and O–H groups in total. The summed E-state index contributed by atoms with van der Waals surface area (Å²) in [4.78, 5) is 36.0. The van der Waals surface area contributed by atoms with Crippen LogP contribution in [0.4, 0.5) is 9.59 Å². The fourth-order valence-corrected chi connectivity index (χ4v) is 4.48. The molecule has 0 fully saturated rings. The molecule has 0 radical (unpaired) electrons. The lowest BCUT2D eigenvalue weighted by atomic mass is 9.98. The second-order valence-corrected chi connectivity index (χ2v) is 9.03. The fourth-order valence-electron chi connectivity index (χ4n) is 4.48. The van der Waals surface area contributed by atoms with Crippen LogP contribution >= 0.6 is 0 Å². The van der Waals surface area contributed by atoms with E-state index in [9.17, 15) is 24.6 Å². The minimum Gasteiger partial charge on any atom is -0.480 e. The first-order chi connectivity index (χ1) is 18.4. The van der Waals surface area contributed by atoms with Gasteiger partial charge < -0.3 is 30.3 Å². The van der Waals surface area contributed by atoms with Crippen molar-refractivity contribution in [2.45, 2.75) is 37.5 Å². The molecule has 1 aliphatic rings. The zero-order chi connectivity index (χ0) is 26.9. The van der Waals surface area contributed by atoms with Crippen LogP contribution in [0.5, 0.6) is 0 Å². The molecule has 0 spiro atoms. The number of carboxylic acid groups (broad SMARTS) is 1. The molecule has 9 heteroatoms. The van der Waals surface area contributed by atoms with Crippen LogP contribution in [0.2, 0.25) is 0 Å². The molecule has 3 aromatic carbocycles. The maximum absolute atomic E-state index is 12.5. The lowest BCUT2D eigenvalue weighted by Gasteiger charge is -2.18. The van der Waals surface area contributed by atoms with Gasteiger partial charge in [-0.05, 0) is 40.7 Å². The number of carbonyl (C=O) groups excluding carboxylic acids is 2. The van der Waals surface area contributed by atoms with E-state index in [1.54, 1.807) is 0 Å². The van der Waals surface area contributed by atoms with Gasteiger partial charge in [-0.2, -0.15) is 0 Å². The second-order valence-electron chi connectivity index (χ2n) is 9.03. The number of nitrogens with one attached hydrogen (secondary N) is 2. The molecule has 198 valence electrons. The van der Waals surface area contributed by atoms with Crippen LogP contribution < -0.4 is 10.6 Å². The van der Waals surface area contributed by atoms with Crippen molar-refractivity contribution < 1.29 is 34.1 Å². The number of aliphatic hydroxyl groups excluding tert-OH is 1. The monoisotopic (exact) mass is 518 g/mol. The van der Waals surface area contributed by atoms with Crippen molar-refractivity contribution >= 4 is 18.2 Å². The summed E-state index contributed by atoms with van der Waals surface area (Å²) in [6.45, 7) is 0.0304. The summed E-state index contributed by atoms with van der Waals surface area (Å²) in [7, 11) is 0. The summed E-state index contributed by atoms with van der Waals surface area (Å²) in [5.74, 6) is -1.40. The first-order valence-corrected chi connectivity index (χ1v) is 12.4. The highest BCUT2D eigenvalue weighted by atomic mass is 16.6. The number of carboxylic acids is 1. The van der Waals surface area contributed by atoms with Gasteiger partial charge in [0.25, 0.3) is 0 Å². The lowest BCUT2D eigenvalue weighted by molar-refractivity contribution is -0.139. The van der Waals surface area contributed by atoms with Crippen LogP contribution in [0.15, 0.2) is 78.9 Å². The Morgan fingerprint density at radius 1 is 0.789 bits per heavy atom. The van der Waals surface area contributed by atoms with Gasteiger partial charge in [-0.25, -0.2) is 14.4 Å². The van der Waals surface area contributed by atoms with E-state index in [2.05, 4.69) is 10.6 Å². The standard InChI is InChI=1S/C29H30N2O7/c32-20(16-30-28(35)37-17-19-8-2-1-3-9-19)14-15-26(27(33)34)31-29(36)38-18-25-23-12-6-4-10-21(23)22-11-5-7-13-24(22)25/h1-13,20,25-26,32H,14-18H2,(H,30,35)(H,31,36)(H,33,34)/t20-,26+/m1/s1. The summed E-state index contributed by atoms with van der Waals surface area (Å²) >= 11 is 0. The van der Waals surface area contributed by atoms with E-state index in [1.165, 1.54) is 0 Å². The number of aliphatic hydroxyl groups is 1. The summed E-state index contributed by atoms with van der Waals surface area (Å²) < 4.78 is 10.5. The predicted octanol–water partition coefficient (Wildman–Crippen LogP) is 4.05. The van der Waals surface area contributed by atoms with E-state index in [-0.39, 0.29) is 38.5 Å². The summed E-state index contributed by atoms with van der Waals surface area (Å²) in [6.07, 6.45) is -2.60. The molecule has 4 rings (SSSR count). The largest absolute Gasteiger partial charge is 0.480 e. The molecule has 38 heavy (non-hydrogen) atoms. The van der Waals surface area contributed by atoms with E-state index in [0.29, 0.717) is 0 Å². The quantitative estimate of drug-likeness (QED) is 0.301. The fraction of sp³-hybridized carbons (Fsp3) is 0.276. The normalized spacial score (nSPS) is 13.5. The van der Waals surface area contributed by atoms with Gasteiger partial charge in [0.1, 0.15) is 19.3 Å². The van der Waals surface area contributed by atoms with E-state index < -0.39 is 30.3 Å². The van der Waals surface area contributed by atoms with Gasteiger partial charge in [0, 0.05) is 12.5 Å². The van der Waals surface area contributed by atoms with Gasteiger partial charge in [0.05, 0.1) is 6.10 Å². The third kappa shape index (κ3) is 6.89. The highest BCUT2D eigenvalue weighted by Gasteiger charge is 2.30. The molecule has 0 heterocycles. The summed E-state index contributed by atoms with van der Waals surface area (Å²) in [5, 5.41) is 24.5. The average molecular weight is 519 g/mol. The molecule has 0 aromatic heterocycles. The number of hydrogen-bond donors (Lipinski definition) is 4. The number of fused-ring (bicyclic) bond motifs is 3. The molecule has 0 saturated heterocycles. The number of amides is 2. The zero-order valence-corrected chi connectivity index (χ0v) is 20.7. The van der Waals surface area contributed by atoms with Crippen LogP contribution in [0.1, 0.15) is 35.4 Å². The van der Waals surface area contributed by atoms with Crippen LogP contribution in [0.25, 0.3) is 11.1 Å². The minimum absolute atomic E-state index is 0.0274. The number of rotatable bonds is 11. The first-order valence-electron chi connectivity index (χ1n) is 12.4. The first kappa shape index (κ1) is 26.7. The average Bonchev–Trinajstić information content (AvgIpc) is 3.26. The third-order valence-corrected chi connectivity index (χ3v) is 6.42. The Morgan fingerprint density at radius 2 is 1.39 bits per heavy atom. The highest BCUT2D eigenvalue weighted by molar-refractivity contribution is 5.81. The van der Waals surface area contributed by atoms with E-state index >= 15 is 0 Å². The Hall–Kier alpha value is -4.37. The zero-order valence-electron chi connectivity index (χ0n) is 20.7. The summed E-state index contributed by atoms with van der Waals surface area (Å²) in [6, 6.07) is 23.7. The van der Waals surface area contributed by atoms with Gasteiger partial charge in [-0.15, -0.1) is 0 Å². The Labute approximate surface area is 220 Å². The Bertz CT molecular complexity index is 1220. The van der Waals surface area contributed by atoms with E-state index in [0.717, 1.165) is 27.8 Å². The third-order valence-electron chi connectivity index (χ3n) is 6.42. The number of aliphatic carboxylic acids is 1. The molecule has 0 bridgehead atoms. The van der Waals surface area contributed by atoms with Crippen LogP contribution in [-0.2, 0) is 20.9 Å². The van der Waals surface area contributed by atoms with Crippen molar-refractivity contribution in [3.05, 3.63) is 95.6 Å². The Morgan fingerprint density at radius 3 is 2.03 bits per heavy atom. The van der Waals surface area contributed by atoms with Crippen LogP contribution in [0.3, 0.4) is 0 Å². The van der Waals surface area contributed by atoms with Gasteiger partial charge in [-0.1, -0.05) is 78.9 Å². The lowest BCUT2D eigenvalue weighted by Crippen LogP contribution is -2.42. The maximum atomic E-state index is 12.5. The number of carbonyl (C=O) groups is 3. The predicted molar refractivity (Wildman–Crippen MR) is 139 cm³/mol. The van der Waals surface area contributed by atoms with Gasteiger partial charge in [-0.3, -0.25) is 0 Å². The van der Waals surface area contributed by atoms with Gasteiger partial charge in [0.15, 0.2) is 0 Å². The molecule has 0 saturated carbocycles. The van der Waals surface area contributed by atoms with Crippen LogP contribution in [0, 0.1) is 0 Å². The van der Waals surface area contributed by atoms with E-state index in [1.807, 2.05) is 78.9 Å². The molecule has 9 nitrogen and oxygen atoms in total.